The Labute approximate surface area is 123 Å². The molecule has 4 heteroatoms. The second-order valence-corrected chi connectivity index (χ2v) is 5.10. The fourth-order valence-electron chi connectivity index (χ4n) is 1.69. The van der Waals surface area contributed by atoms with Crippen LogP contribution < -0.4 is 10.5 Å². The van der Waals surface area contributed by atoms with E-state index in [1.807, 2.05) is 35.7 Å². The third kappa shape index (κ3) is 4.10. The quantitative estimate of drug-likeness (QED) is 0.860. The van der Waals surface area contributed by atoms with Crippen LogP contribution in [0, 0.1) is 11.8 Å². The van der Waals surface area contributed by atoms with Crippen molar-refractivity contribution >= 4 is 11.3 Å². The summed E-state index contributed by atoms with van der Waals surface area (Å²) >= 11 is 1.65. The van der Waals surface area contributed by atoms with Gasteiger partial charge in [-0.05, 0) is 29.1 Å². The van der Waals surface area contributed by atoms with E-state index >= 15 is 0 Å². The zero-order valence-electron chi connectivity index (χ0n) is 11.4. The van der Waals surface area contributed by atoms with Gasteiger partial charge in [0, 0.05) is 10.4 Å². The van der Waals surface area contributed by atoms with Crippen LogP contribution in [0.3, 0.4) is 0 Å². The highest BCUT2D eigenvalue weighted by Gasteiger charge is 2.02. The minimum Gasteiger partial charge on any atom is -0.497 e. The Balaban J connectivity index is 1.87. The van der Waals surface area contributed by atoms with Crippen LogP contribution in [-0.4, -0.2) is 13.7 Å². The van der Waals surface area contributed by atoms with Crippen LogP contribution in [0.2, 0.25) is 0 Å². The third-order valence-corrected chi connectivity index (χ3v) is 3.63. The number of thiophene rings is 1. The summed E-state index contributed by atoms with van der Waals surface area (Å²) in [6.07, 6.45) is 0. The summed E-state index contributed by atoms with van der Waals surface area (Å²) in [6, 6.07) is 9.87. The molecule has 0 atom stereocenters. The van der Waals surface area contributed by atoms with Crippen LogP contribution in [0.1, 0.15) is 16.0 Å². The van der Waals surface area contributed by atoms with Gasteiger partial charge in [-0.3, -0.25) is 0 Å². The van der Waals surface area contributed by atoms with E-state index in [1.54, 1.807) is 18.4 Å². The van der Waals surface area contributed by atoms with Gasteiger partial charge in [0.05, 0.1) is 26.9 Å². The lowest BCUT2D eigenvalue weighted by Crippen LogP contribution is -1.95. The zero-order chi connectivity index (χ0) is 14.2. The molecular formula is C16H17NO2S. The molecule has 0 saturated heterocycles. The van der Waals surface area contributed by atoms with E-state index in [9.17, 15) is 0 Å². The highest BCUT2D eigenvalue weighted by atomic mass is 32.1. The van der Waals surface area contributed by atoms with Gasteiger partial charge in [-0.15, -0.1) is 11.3 Å². The molecule has 1 heterocycles. The molecule has 3 nitrogen and oxygen atoms in total. The van der Waals surface area contributed by atoms with Gasteiger partial charge in [0.1, 0.15) is 5.75 Å². The third-order valence-electron chi connectivity index (χ3n) is 2.73. The van der Waals surface area contributed by atoms with Crippen molar-refractivity contribution in [3.05, 3.63) is 51.7 Å². The van der Waals surface area contributed by atoms with Crippen molar-refractivity contribution in [3.8, 4) is 17.6 Å². The van der Waals surface area contributed by atoms with Gasteiger partial charge < -0.3 is 15.2 Å². The van der Waals surface area contributed by atoms with E-state index in [1.165, 1.54) is 0 Å². The summed E-state index contributed by atoms with van der Waals surface area (Å²) in [6.45, 7) is 1.52. The Kier molecular flexibility index (Phi) is 5.63. The van der Waals surface area contributed by atoms with Crippen LogP contribution in [0.25, 0.3) is 0 Å². The molecule has 1 aromatic carbocycles. The highest BCUT2D eigenvalue weighted by Crippen LogP contribution is 2.18. The van der Waals surface area contributed by atoms with Gasteiger partial charge in [0.15, 0.2) is 0 Å². The molecule has 0 unspecified atom stereocenters. The normalized spacial score (nSPS) is 9.90. The molecule has 2 rings (SSSR count). The van der Waals surface area contributed by atoms with Crippen molar-refractivity contribution in [1.29, 1.82) is 0 Å². The molecule has 0 aliphatic carbocycles. The van der Waals surface area contributed by atoms with Crippen molar-refractivity contribution in [1.82, 2.24) is 0 Å². The Morgan fingerprint density at radius 1 is 1.15 bits per heavy atom. The number of methoxy groups -OCH3 is 1. The van der Waals surface area contributed by atoms with Crippen molar-refractivity contribution in [2.45, 2.75) is 13.2 Å². The van der Waals surface area contributed by atoms with Crippen LogP contribution >= 0.6 is 11.3 Å². The average Bonchev–Trinajstić information content (AvgIpc) is 2.93. The number of hydrogen-bond donors (Lipinski definition) is 1. The smallest absolute Gasteiger partial charge is 0.118 e. The van der Waals surface area contributed by atoms with Crippen LogP contribution in [0.4, 0.5) is 0 Å². The average molecular weight is 287 g/mol. The van der Waals surface area contributed by atoms with E-state index in [4.69, 9.17) is 15.2 Å². The van der Waals surface area contributed by atoms with Gasteiger partial charge in [-0.2, -0.15) is 0 Å². The SMILES string of the molecule is COc1ccc(COCc2sccc2C#CCN)cc1. The maximum atomic E-state index is 5.73. The highest BCUT2D eigenvalue weighted by molar-refractivity contribution is 7.10. The standard InChI is InChI=1S/C16H17NO2S/c1-18-15-6-4-13(5-7-15)11-19-12-16-14(3-2-9-17)8-10-20-16/h4-8,10H,9,11-12,17H2,1H3. The minimum atomic E-state index is 0.377. The number of hydrogen-bond acceptors (Lipinski definition) is 4. The topological polar surface area (TPSA) is 44.5 Å². The van der Waals surface area contributed by atoms with E-state index < -0.39 is 0 Å². The molecule has 0 radical (unpaired) electrons. The molecule has 0 aliphatic rings. The van der Waals surface area contributed by atoms with Crippen molar-refractivity contribution in [2.75, 3.05) is 13.7 Å². The first-order chi connectivity index (χ1) is 9.83. The first-order valence-corrected chi connectivity index (χ1v) is 7.17. The summed E-state index contributed by atoms with van der Waals surface area (Å²) in [4.78, 5) is 1.14. The molecule has 104 valence electrons. The fourth-order valence-corrected chi connectivity index (χ4v) is 2.46. The molecule has 0 fully saturated rings. The lowest BCUT2D eigenvalue weighted by molar-refractivity contribution is 0.109. The van der Waals surface area contributed by atoms with Crippen LogP contribution in [0.5, 0.6) is 5.75 Å². The maximum absolute atomic E-state index is 5.73. The van der Waals surface area contributed by atoms with Crippen molar-refractivity contribution in [3.63, 3.8) is 0 Å². The summed E-state index contributed by atoms with van der Waals surface area (Å²) < 4.78 is 10.9. The first-order valence-electron chi connectivity index (χ1n) is 6.29. The van der Waals surface area contributed by atoms with Gasteiger partial charge in [-0.25, -0.2) is 0 Å². The molecule has 2 aromatic rings. The number of ether oxygens (including phenoxy) is 2. The van der Waals surface area contributed by atoms with Gasteiger partial charge >= 0.3 is 0 Å². The van der Waals surface area contributed by atoms with E-state index in [0.717, 1.165) is 21.8 Å². The zero-order valence-corrected chi connectivity index (χ0v) is 12.2. The van der Waals surface area contributed by atoms with Gasteiger partial charge in [-0.1, -0.05) is 24.0 Å². The van der Waals surface area contributed by atoms with Crippen LogP contribution in [0.15, 0.2) is 35.7 Å². The lowest BCUT2D eigenvalue weighted by Gasteiger charge is -2.05. The number of benzene rings is 1. The van der Waals surface area contributed by atoms with E-state index in [-0.39, 0.29) is 0 Å². The molecule has 0 bridgehead atoms. The molecular weight excluding hydrogens is 270 g/mol. The summed E-state index contributed by atoms with van der Waals surface area (Å²) in [5.74, 6) is 6.78. The molecule has 20 heavy (non-hydrogen) atoms. The van der Waals surface area contributed by atoms with Gasteiger partial charge in [0.25, 0.3) is 0 Å². The summed E-state index contributed by atoms with van der Waals surface area (Å²) in [5.41, 5.74) is 7.51. The second-order valence-electron chi connectivity index (χ2n) is 4.10. The molecule has 0 saturated carbocycles. The Morgan fingerprint density at radius 3 is 2.65 bits per heavy atom. The Bertz CT molecular complexity index is 593. The van der Waals surface area contributed by atoms with E-state index in [0.29, 0.717) is 19.8 Å². The number of nitrogens with two attached hydrogens (primary N) is 1. The maximum Gasteiger partial charge on any atom is 0.118 e. The number of rotatable bonds is 5. The van der Waals surface area contributed by atoms with Crippen molar-refractivity contribution in [2.24, 2.45) is 5.73 Å². The van der Waals surface area contributed by atoms with E-state index in [2.05, 4.69) is 11.8 Å². The second kappa shape index (κ2) is 7.71. The molecule has 2 N–H and O–H groups in total. The van der Waals surface area contributed by atoms with Crippen LogP contribution in [-0.2, 0) is 18.0 Å². The Hall–Kier alpha value is -1.80. The Morgan fingerprint density at radius 2 is 1.95 bits per heavy atom. The fraction of sp³-hybridized carbons (Fsp3) is 0.250. The molecule has 1 aromatic heterocycles. The predicted octanol–water partition coefficient (Wildman–Crippen LogP) is 2.78. The minimum absolute atomic E-state index is 0.377. The summed E-state index contributed by atoms with van der Waals surface area (Å²) in [7, 11) is 1.66. The molecule has 0 amide bonds. The van der Waals surface area contributed by atoms with Crippen molar-refractivity contribution < 1.29 is 9.47 Å². The predicted molar refractivity (Wildman–Crippen MR) is 81.7 cm³/mol. The lowest BCUT2D eigenvalue weighted by atomic mass is 10.2. The largest absolute Gasteiger partial charge is 0.497 e. The van der Waals surface area contributed by atoms with Gasteiger partial charge in [0.2, 0.25) is 0 Å². The first kappa shape index (κ1) is 14.6. The molecule has 0 spiro atoms. The summed E-state index contributed by atoms with van der Waals surface area (Å²) in [5, 5.41) is 2.02. The molecule has 0 aliphatic heterocycles. The monoisotopic (exact) mass is 287 g/mol.